The van der Waals surface area contributed by atoms with E-state index in [1.165, 1.54) is 27.8 Å². The smallest absolute Gasteiger partial charge is 0.141 e. The lowest BCUT2D eigenvalue weighted by Crippen LogP contribution is -2.71. The monoisotopic (exact) mass is 519 g/mol. The van der Waals surface area contributed by atoms with Crippen molar-refractivity contribution < 1.29 is 19.7 Å². The predicted molar refractivity (Wildman–Crippen MR) is 150 cm³/mol. The quantitative estimate of drug-likeness (QED) is 0.330. The van der Waals surface area contributed by atoms with Crippen molar-refractivity contribution in [3.05, 3.63) is 46.2 Å². The van der Waals surface area contributed by atoms with Crippen molar-refractivity contribution >= 4 is 16.7 Å². The Morgan fingerprint density at radius 3 is 2.47 bits per heavy atom. The summed E-state index contributed by atoms with van der Waals surface area (Å²) in [4.78, 5) is 16.9. The Labute approximate surface area is 227 Å². The summed E-state index contributed by atoms with van der Waals surface area (Å²) >= 11 is 0. The van der Waals surface area contributed by atoms with Crippen molar-refractivity contribution in [2.24, 2.45) is 16.7 Å². The maximum Gasteiger partial charge on any atom is 0.141 e. The molecule has 38 heavy (non-hydrogen) atoms. The van der Waals surface area contributed by atoms with E-state index in [4.69, 9.17) is 4.74 Å². The zero-order valence-electron chi connectivity index (χ0n) is 24.4. The van der Waals surface area contributed by atoms with Crippen molar-refractivity contribution in [3.8, 4) is 0 Å². The molecular formula is C33H45NO4. The number of aliphatic hydroxyl groups is 2. The molecule has 5 nitrogen and oxygen atoms in total. The van der Waals surface area contributed by atoms with Crippen LogP contribution in [0.4, 0.5) is 0 Å². The predicted octanol–water partition coefficient (Wildman–Crippen LogP) is 6.24. The van der Waals surface area contributed by atoms with Crippen LogP contribution in [0.15, 0.2) is 23.8 Å². The molecule has 2 heterocycles. The highest BCUT2D eigenvalue weighted by atomic mass is 16.6. The van der Waals surface area contributed by atoms with Gasteiger partial charge in [0.25, 0.3) is 0 Å². The van der Waals surface area contributed by atoms with Crippen molar-refractivity contribution in [1.29, 1.82) is 0 Å². The fourth-order valence-electron chi connectivity index (χ4n) is 9.04. The Morgan fingerprint density at radius 2 is 1.84 bits per heavy atom. The second kappa shape index (κ2) is 7.83. The van der Waals surface area contributed by atoms with Crippen LogP contribution in [0.1, 0.15) is 110 Å². The van der Waals surface area contributed by atoms with Gasteiger partial charge in [-0.2, -0.15) is 0 Å². The van der Waals surface area contributed by atoms with Gasteiger partial charge in [0.2, 0.25) is 0 Å². The molecule has 1 aromatic heterocycles. The molecule has 2 saturated carbocycles. The van der Waals surface area contributed by atoms with Crippen LogP contribution in [0.2, 0.25) is 0 Å². The fourth-order valence-corrected chi connectivity index (χ4v) is 9.04. The first-order chi connectivity index (χ1) is 17.6. The molecule has 0 spiro atoms. The molecule has 0 amide bonds. The molecule has 1 saturated heterocycles. The number of carbonyl (C=O) groups excluding carboxylic acids is 1. The van der Waals surface area contributed by atoms with Crippen LogP contribution in [-0.2, 0) is 27.8 Å². The lowest BCUT2D eigenvalue weighted by molar-refractivity contribution is -0.233. The average molecular weight is 520 g/mol. The number of hydrogen-bond acceptors (Lipinski definition) is 4. The third-order valence-electron chi connectivity index (χ3n) is 11.9. The average Bonchev–Trinajstić information content (AvgIpc) is 3.18. The minimum atomic E-state index is -1.05. The first-order valence-corrected chi connectivity index (χ1v) is 14.5. The van der Waals surface area contributed by atoms with Crippen LogP contribution < -0.4 is 0 Å². The van der Waals surface area contributed by atoms with Crippen LogP contribution >= 0.6 is 0 Å². The van der Waals surface area contributed by atoms with Gasteiger partial charge >= 0.3 is 0 Å². The van der Waals surface area contributed by atoms with E-state index in [1.807, 2.05) is 27.7 Å². The second-order valence-electron chi connectivity index (χ2n) is 14.5. The molecule has 5 heteroatoms. The van der Waals surface area contributed by atoms with E-state index in [0.29, 0.717) is 25.2 Å². The maximum absolute atomic E-state index is 13.1. The van der Waals surface area contributed by atoms with Crippen LogP contribution in [-0.4, -0.2) is 38.3 Å². The van der Waals surface area contributed by atoms with Crippen molar-refractivity contribution in [1.82, 2.24) is 4.98 Å². The fraction of sp³-hybridized carbons (Fsp3) is 0.667. The lowest BCUT2D eigenvalue weighted by Gasteiger charge is -2.66. The molecule has 206 valence electrons. The Bertz CT molecular complexity index is 1380. The summed E-state index contributed by atoms with van der Waals surface area (Å²) in [6, 6.07) is 4.20. The van der Waals surface area contributed by atoms with Gasteiger partial charge in [0.15, 0.2) is 0 Å². The van der Waals surface area contributed by atoms with Gasteiger partial charge in [0.1, 0.15) is 18.0 Å². The topological polar surface area (TPSA) is 85.8 Å². The van der Waals surface area contributed by atoms with Gasteiger partial charge in [-0.15, -0.1) is 0 Å². The third-order valence-corrected chi connectivity index (χ3v) is 11.9. The zero-order chi connectivity index (χ0) is 27.6. The highest BCUT2D eigenvalue weighted by Gasteiger charge is 2.72. The van der Waals surface area contributed by atoms with Gasteiger partial charge in [-0.1, -0.05) is 45.4 Å². The van der Waals surface area contributed by atoms with Crippen molar-refractivity contribution in [2.45, 2.75) is 123 Å². The number of H-pyrrole nitrogens is 1. The number of benzene rings is 1. The van der Waals surface area contributed by atoms with Crippen LogP contribution in [0.5, 0.6) is 0 Å². The first kappa shape index (κ1) is 26.3. The second-order valence-corrected chi connectivity index (χ2v) is 14.5. The van der Waals surface area contributed by atoms with Crippen LogP contribution in [0, 0.1) is 16.7 Å². The molecule has 1 unspecified atom stereocenters. The van der Waals surface area contributed by atoms with E-state index in [9.17, 15) is 15.0 Å². The van der Waals surface area contributed by atoms with E-state index in [2.05, 4.69) is 50.9 Å². The number of nitrogens with one attached hydrogen (secondary N) is 1. The van der Waals surface area contributed by atoms with Gasteiger partial charge in [-0.3, -0.25) is 4.79 Å². The van der Waals surface area contributed by atoms with Crippen LogP contribution in [0.25, 0.3) is 10.9 Å². The van der Waals surface area contributed by atoms with Crippen LogP contribution in [0.3, 0.4) is 0 Å². The van der Waals surface area contributed by atoms with Gasteiger partial charge in [-0.05, 0) is 88.5 Å². The molecule has 0 bridgehead atoms. The summed E-state index contributed by atoms with van der Waals surface area (Å²) in [6.45, 7) is 16.8. The molecule has 6 rings (SSSR count). The van der Waals surface area contributed by atoms with Crippen molar-refractivity contribution in [2.75, 3.05) is 0 Å². The van der Waals surface area contributed by atoms with Gasteiger partial charge in [-0.25, -0.2) is 0 Å². The number of allylic oxidation sites excluding steroid dienone is 2. The van der Waals surface area contributed by atoms with E-state index < -0.39 is 22.5 Å². The maximum atomic E-state index is 13.1. The number of Topliss-reactive ketones (excluding diaryl/α,β-unsaturated/α-hetero) is 1. The summed E-state index contributed by atoms with van der Waals surface area (Å²) < 4.78 is 5.86. The zero-order valence-corrected chi connectivity index (χ0v) is 24.4. The Balaban J connectivity index is 1.55. The molecule has 3 fully saturated rings. The molecule has 3 aliphatic carbocycles. The number of fused-ring (bicyclic) bond motifs is 7. The largest absolute Gasteiger partial charge is 0.388 e. The lowest BCUT2D eigenvalue weighted by atomic mass is 9.39. The summed E-state index contributed by atoms with van der Waals surface area (Å²) in [5, 5.41) is 25.1. The van der Waals surface area contributed by atoms with Gasteiger partial charge < -0.3 is 19.9 Å². The molecule has 4 aliphatic rings. The van der Waals surface area contributed by atoms with E-state index in [1.54, 1.807) is 0 Å². The number of ketones is 1. The number of ether oxygens (including phenoxy) is 1. The van der Waals surface area contributed by atoms with Gasteiger partial charge in [0, 0.05) is 33.8 Å². The van der Waals surface area contributed by atoms with Crippen molar-refractivity contribution in [3.63, 3.8) is 0 Å². The molecule has 3 N–H and O–H groups in total. The molecular weight excluding hydrogens is 474 g/mol. The molecule has 1 aromatic carbocycles. The summed E-state index contributed by atoms with van der Waals surface area (Å²) in [5.41, 5.74) is 4.22. The Kier molecular flexibility index (Phi) is 5.41. The Morgan fingerprint density at radius 1 is 1.16 bits per heavy atom. The number of hydrogen-bond donors (Lipinski definition) is 3. The first-order valence-electron chi connectivity index (χ1n) is 14.5. The van der Waals surface area contributed by atoms with E-state index in [-0.39, 0.29) is 22.9 Å². The standard InChI is InChI=1S/C33H45NO4/c1-18(2)9-10-20-21(26(36)28-30(5,6)38-28)11-12-23-25(20)22-17-19-13-16-33(37)29(3,4)24(35)14-15-31(33,7)32(19,8)27(22)34-23/h9,11-12,19,26,28,34,36-37H,10,13-17H2,1-8H3/t19-,26-,28?,31+,32+,33+/m0/s1. The molecule has 6 atom stereocenters. The van der Waals surface area contributed by atoms with E-state index in [0.717, 1.165) is 30.3 Å². The SMILES string of the molecule is CC(C)=CCc1c([C@H](O)C2OC2(C)C)ccc2[nH]c3c(c12)C[C@@H]1CC[C@@]2(O)C(C)(C)C(=O)CC[C@]2(C)[C@@]31C. The van der Waals surface area contributed by atoms with E-state index >= 15 is 0 Å². The molecule has 2 aromatic rings. The number of carbonyl (C=O) groups is 1. The number of aliphatic hydroxyl groups excluding tert-OH is 1. The Hall–Kier alpha value is -1.95. The highest BCUT2D eigenvalue weighted by Crippen LogP contribution is 2.70. The normalized spacial score (nSPS) is 37.4. The summed E-state index contributed by atoms with van der Waals surface area (Å²) in [6.07, 6.45) is 5.88. The number of rotatable bonds is 4. The number of aromatic amines is 1. The number of epoxide rings is 1. The number of aromatic nitrogens is 1. The highest BCUT2D eigenvalue weighted by molar-refractivity contribution is 5.91. The third kappa shape index (κ3) is 3.07. The summed E-state index contributed by atoms with van der Waals surface area (Å²) in [7, 11) is 0. The van der Waals surface area contributed by atoms with Gasteiger partial charge in [0.05, 0.1) is 16.6 Å². The minimum Gasteiger partial charge on any atom is -0.388 e. The molecule has 0 radical (unpaired) electrons. The summed E-state index contributed by atoms with van der Waals surface area (Å²) in [5.74, 6) is 0.584. The minimum absolute atomic E-state index is 0.183. The molecule has 1 aliphatic heterocycles.